The normalized spacial score (nSPS) is 10.4. The van der Waals surface area contributed by atoms with Gasteiger partial charge in [-0.05, 0) is 38.1 Å². The van der Waals surface area contributed by atoms with Crippen molar-refractivity contribution in [2.45, 2.75) is 12.8 Å². The molecule has 0 atom stereocenters. The minimum absolute atomic E-state index is 0.697. The lowest BCUT2D eigenvalue weighted by Crippen LogP contribution is -2.04. The molecule has 1 aromatic heterocycles. The highest BCUT2D eigenvalue weighted by Gasteiger charge is 1.95. The van der Waals surface area contributed by atoms with E-state index >= 15 is 0 Å². The van der Waals surface area contributed by atoms with Gasteiger partial charge in [-0.2, -0.15) is 0 Å². The van der Waals surface area contributed by atoms with Crippen LogP contribution in [0.25, 0.3) is 0 Å². The van der Waals surface area contributed by atoms with E-state index < -0.39 is 0 Å². The molecule has 5 N–H and O–H groups in total. The third-order valence-corrected chi connectivity index (χ3v) is 1.63. The lowest BCUT2D eigenvalue weighted by Gasteiger charge is -1.93. The zero-order valence-corrected chi connectivity index (χ0v) is 6.64. The molecule has 0 fully saturated rings. The first-order valence-electron chi connectivity index (χ1n) is 3.93. The fraction of sp³-hybridized carbons (Fsp3) is 0.500. The fourth-order valence-corrected chi connectivity index (χ4v) is 1.09. The molecule has 0 aliphatic heterocycles. The third kappa shape index (κ3) is 2.37. The molecular weight excluding hydrogens is 138 g/mol. The van der Waals surface area contributed by atoms with Crippen molar-refractivity contribution in [3.63, 3.8) is 0 Å². The van der Waals surface area contributed by atoms with Gasteiger partial charge in [0.15, 0.2) is 0 Å². The monoisotopic (exact) mass is 153 g/mol. The van der Waals surface area contributed by atoms with E-state index in [4.69, 9.17) is 11.5 Å². The molecule has 0 unspecified atom stereocenters. The quantitative estimate of drug-likeness (QED) is 0.570. The summed E-state index contributed by atoms with van der Waals surface area (Å²) in [4.78, 5) is 3.26. The molecule has 0 aromatic carbocycles. The Kier molecular flexibility index (Phi) is 3.14. The average molecular weight is 153 g/mol. The molecule has 0 bridgehead atoms. The summed E-state index contributed by atoms with van der Waals surface area (Å²) in [6.07, 6.45) is 1.84. The van der Waals surface area contributed by atoms with Crippen LogP contribution in [0, 0.1) is 0 Å². The van der Waals surface area contributed by atoms with Gasteiger partial charge in [-0.3, -0.25) is 0 Å². The average Bonchev–Trinajstić information content (AvgIpc) is 2.38. The Morgan fingerprint density at radius 3 is 1.82 bits per heavy atom. The molecule has 1 aromatic rings. The van der Waals surface area contributed by atoms with E-state index in [1.165, 1.54) is 11.4 Å². The SMILES string of the molecule is NCCc1ccc(CCN)[nH]1. The second-order valence-electron chi connectivity index (χ2n) is 2.59. The van der Waals surface area contributed by atoms with E-state index in [9.17, 15) is 0 Å². The number of nitrogens with two attached hydrogens (primary N) is 2. The van der Waals surface area contributed by atoms with Crippen molar-refractivity contribution < 1.29 is 0 Å². The van der Waals surface area contributed by atoms with Crippen molar-refractivity contribution in [3.8, 4) is 0 Å². The number of hydrogen-bond donors (Lipinski definition) is 3. The predicted molar refractivity (Wildman–Crippen MR) is 46.3 cm³/mol. The van der Waals surface area contributed by atoms with Gasteiger partial charge in [0.1, 0.15) is 0 Å². The Bertz CT molecular complexity index is 184. The number of aromatic nitrogens is 1. The van der Waals surface area contributed by atoms with Crippen molar-refractivity contribution in [2.24, 2.45) is 11.5 Å². The van der Waals surface area contributed by atoms with Gasteiger partial charge in [-0.15, -0.1) is 0 Å². The maximum atomic E-state index is 5.40. The summed E-state index contributed by atoms with van der Waals surface area (Å²) in [5.41, 5.74) is 13.2. The van der Waals surface area contributed by atoms with Gasteiger partial charge >= 0.3 is 0 Å². The van der Waals surface area contributed by atoms with Gasteiger partial charge in [-0.25, -0.2) is 0 Å². The van der Waals surface area contributed by atoms with Gasteiger partial charge in [0, 0.05) is 11.4 Å². The topological polar surface area (TPSA) is 67.8 Å². The van der Waals surface area contributed by atoms with Gasteiger partial charge in [0.25, 0.3) is 0 Å². The van der Waals surface area contributed by atoms with Crippen molar-refractivity contribution in [2.75, 3.05) is 13.1 Å². The summed E-state index contributed by atoms with van der Waals surface area (Å²) < 4.78 is 0. The first kappa shape index (κ1) is 8.30. The van der Waals surface area contributed by atoms with Crippen LogP contribution in [0.2, 0.25) is 0 Å². The summed E-state index contributed by atoms with van der Waals surface area (Å²) in [5, 5.41) is 0. The largest absolute Gasteiger partial charge is 0.362 e. The van der Waals surface area contributed by atoms with Crippen LogP contribution in [-0.2, 0) is 12.8 Å². The second-order valence-corrected chi connectivity index (χ2v) is 2.59. The van der Waals surface area contributed by atoms with E-state index in [2.05, 4.69) is 17.1 Å². The molecule has 0 aliphatic rings. The molecule has 0 amide bonds. The lowest BCUT2D eigenvalue weighted by atomic mass is 10.3. The highest BCUT2D eigenvalue weighted by molar-refractivity contribution is 5.13. The molecule has 62 valence electrons. The van der Waals surface area contributed by atoms with E-state index in [-0.39, 0.29) is 0 Å². The Morgan fingerprint density at radius 2 is 1.45 bits per heavy atom. The van der Waals surface area contributed by atoms with Crippen LogP contribution in [0.3, 0.4) is 0 Å². The molecule has 3 heteroatoms. The zero-order chi connectivity index (χ0) is 8.10. The molecule has 0 saturated heterocycles. The van der Waals surface area contributed by atoms with Gasteiger partial charge in [-0.1, -0.05) is 0 Å². The van der Waals surface area contributed by atoms with Crippen LogP contribution in [0.1, 0.15) is 11.4 Å². The first-order valence-corrected chi connectivity index (χ1v) is 3.93. The zero-order valence-electron chi connectivity index (χ0n) is 6.64. The molecule has 0 spiro atoms. The molecule has 1 rings (SSSR count). The van der Waals surface area contributed by atoms with Crippen molar-refractivity contribution >= 4 is 0 Å². The van der Waals surface area contributed by atoms with Crippen LogP contribution in [0.4, 0.5) is 0 Å². The highest BCUT2D eigenvalue weighted by Crippen LogP contribution is 2.01. The number of aromatic amines is 1. The third-order valence-electron chi connectivity index (χ3n) is 1.63. The lowest BCUT2D eigenvalue weighted by molar-refractivity contribution is 0.892. The fourth-order valence-electron chi connectivity index (χ4n) is 1.09. The van der Waals surface area contributed by atoms with Crippen molar-refractivity contribution in [1.82, 2.24) is 4.98 Å². The Morgan fingerprint density at radius 1 is 1.00 bits per heavy atom. The number of rotatable bonds is 4. The Labute approximate surface area is 66.8 Å². The van der Waals surface area contributed by atoms with E-state index in [1.807, 2.05) is 0 Å². The standard InChI is InChI=1S/C8H15N3/c9-5-3-7-1-2-8(11-7)4-6-10/h1-2,11H,3-6,9-10H2. The summed E-state index contributed by atoms with van der Waals surface area (Å²) in [6, 6.07) is 4.13. The van der Waals surface area contributed by atoms with Crippen LogP contribution < -0.4 is 11.5 Å². The molecule has 11 heavy (non-hydrogen) atoms. The Balaban J connectivity index is 2.51. The van der Waals surface area contributed by atoms with Gasteiger partial charge < -0.3 is 16.5 Å². The first-order chi connectivity index (χ1) is 5.36. The van der Waals surface area contributed by atoms with Crippen LogP contribution in [0.5, 0.6) is 0 Å². The second kappa shape index (κ2) is 4.16. The van der Waals surface area contributed by atoms with E-state index in [1.54, 1.807) is 0 Å². The number of H-pyrrole nitrogens is 1. The molecule has 0 saturated carbocycles. The summed E-state index contributed by atoms with van der Waals surface area (Å²) in [6.45, 7) is 1.39. The maximum absolute atomic E-state index is 5.40. The van der Waals surface area contributed by atoms with E-state index in [0.717, 1.165) is 12.8 Å². The number of hydrogen-bond acceptors (Lipinski definition) is 2. The molecule has 1 heterocycles. The predicted octanol–water partition coefficient (Wildman–Crippen LogP) is 0.0171. The molecule has 0 radical (unpaired) electrons. The Hall–Kier alpha value is -0.800. The maximum Gasteiger partial charge on any atom is 0.0161 e. The van der Waals surface area contributed by atoms with E-state index in [0.29, 0.717) is 13.1 Å². The van der Waals surface area contributed by atoms with Gasteiger partial charge in [0.2, 0.25) is 0 Å². The van der Waals surface area contributed by atoms with Gasteiger partial charge in [0.05, 0.1) is 0 Å². The minimum atomic E-state index is 0.697. The number of nitrogens with one attached hydrogen (secondary N) is 1. The molecule has 3 nitrogen and oxygen atoms in total. The van der Waals surface area contributed by atoms with Crippen LogP contribution in [-0.4, -0.2) is 18.1 Å². The summed E-state index contributed by atoms with van der Waals surface area (Å²) in [5.74, 6) is 0. The van der Waals surface area contributed by atoms with Crippen LogP contribution in [0.15, 0.2) is 12.1 Å². The van der Waals surface area contributed by atoms with Crippen LogP contribution >= 0.6 is 0 Å². The molecular formula is C8H15N3. The van der Waals surface area contributed by atoms with Crippen molar-refractivity contribution in [3.05, 3.63) is 23.5 Å². The highest BCUT2D eigenvalue weighted by atomic mass is 14.7. The smallest absolute Gasteiger partial charge is 0.0161 e. The summed E-state index contributed by atoms with van der Waals surface area (Å²) in [7, 11) is 0. The summed E-state index contributed by atoms with van der Waals surface area (Å²) >= 11 is 0. The van der Waals surface area contributed by atoms with Crippen molar-refractivity contribution in [1.29, 1.82) is 0 Å². The minimum Gasteiger partial charge on any atom is -0.362 e. The molecule has 0 aliphatic carbocycles.